The average molecular weight is 200 g/mol. The van der Waals surface area contributed by atoms with Crippen LogP contribution in [0.2, 0.25) is 0 Å². The van der Waals surface area contributed by atoms with Gasteiger partial charge in [-0.1, -0.05) is 6.92 Å². The highest BCUT2D eigenvalue weighted by Crippen LogP contribution is 2.37. The molecule has 0 radical (unpaired) electrons. The predicted molar refractivity (Wildman–Crippen MR) is 59.4 cm³/mol. The van der Waals surface area contributed by atoms with Gasteiger partial charge in [-0.05, 0) is 32.2 Å². The van der Waals surface area contributed by atoms with Gasteiger partial charge in [0.2, 0.25) is 0 Å². The number of nitrogens with two attached hydrogens (primary N) is 1. The highest BCUT2D eigenvalue weighted by molar-refractivity contribution is 4.90. The molecule has 1 saturated carbocycles. The van der Waals surface area contributed by atoms with E-state index in [0.29, 0.717) is 0 Å². The zero-order chi connectivity index (χ0) is 10.4. The third-order valence-electron chi connectivity index (χ3n) is 3.47. The van der Waals surface area contributed by atoms with Crippen LogP contribution in [0, 0.1) is 0 Å². The minimum atomic E-state index is 0.210. The summed E-state index contributed by atoms with van der Waals surface area (Å²) in [5.74, 6) is 0. The van der Waals surface area contributed by atoms with Gasteiger partial charge in [0.15, 0.2) is 0 Å². The molecule has 0 aliphatic heterocycles. The van der Waals surface area contributed by atoms with Crippen LogP contribution in [-0.4, -0.2) is 43.8 Å². The molecule has 3 nitrogen and oxygen atoms in total. The number of hydrogen-bond donors (Lipinski definition) is 1. The second-order valence-electron chi connectivity index (χ2n) is 4.21. The first-order chi connectivity index (χ1) is 6.76. The molecule has 2 N–H and O–H groups in total. The third-order valence-corrected chi connectivity index (χ3v) is 3.47. The van der Waals surface area contributed by atoms with Crippen molar-refractivity contribution in [3.8, 4) is 0 Å². The maximum absolute atomic E-state index is 5.59. The highest BCUT2D eigenvalue weighted by Gasteiger charge is 2.36. The quantitative estimate of drug-likeness (QED) is 0.671. The molecule has 1 fully saturated rings. The van der Waals surface area contributed by atoms with E-state index in [0.717, 1.165) is 32.6 Å². The van der Waals surface area contributed by atoms with Crippen LogP contribution < -0.4 is 5.73 Å². The summed E-state index contributed by atoms with van der Waals surface area (Å²) in [5.41, 5.74) is 5.76. The highest BCUT2D eigenvalue weighted by atomic mass is 16.5. The average Bonchev–Trinajstić information content (AvgIpc) is 2.15. The van der Waals surface area contributed by atoms with Crippen molar-refractivity contribution in [2.45, 2.75) is 38.2 Å². The van der Waals surface area contributed by atoms with E-state index in [2.05, 4.69) is 11.8 Å². The lowest BCUT2D eigenvalue weighted by Gasteiger charge is -2.41. The Morgan fingerprint density at radius 3 is 2.43 bits per heavy atom. The Morgan fingerprint density at radius 1 is 1.36 bits per heavy atom. The molecule has 84 valence electrons. The number of nitrogens with zero attached hydrogens (tertiary/aromatic N) is 1. The van der Waals surface area contributed by atoms with Gasteiger partial charge in [-0.2, -0.15) is 0 Å². The molecule has 0 atom stereocenters. The fourth-order valence-electron chi connectivity index (χ4n) is 2.10. The van der Waals surface area contributed by atoms with Gasteiger partial charge in [0.25, 0.3) is 0 Å². The van der Waals surface area contributed by atoms with Crippen LogP contribution in [0.4, 0.5) is 0 Å². The van der Waals surface area contributed by atoms with Crippen LogP contribution in [-0.2, 0) is 4.74 Å². The number of rotatable bonds is 7. The maximum Gasteiger partial charge on any atom is 0.0691 e. The molecule has 14 heavy (non-hydrogen) atoms. The molecule has 0 saturated heterocycles. The lowest BCUT2D eigenvalue weighted by atomic mass is 9.77. The summed E-state index contributed by atoms with van der Waals surface area (Å²) in [6.45, 7) is 6.18. The zero-order valence-corrected chi connectivity index (χ0v) is 9.59. The van der Waals surface area contributed by atoms with Crippen molar-refractivity contribution in [1.29, 1.82) is 0 Å². The number of hydrogen-bond acceptors (Lipinski definition) is 3. The van der Waals surface area contributed by atoms with E-state index in [1.165, 1.54) is 19.3 Å². The monoisotopic (exact) mass is 200 g/mol. The Kier molecular flexibility index (Phi) is 4.85. The Morgan fingerprint density at radius 2 is 2.07 bits per heavy atom. The van der Waals surface area contributed by atoms with E-state index in [4.69, 9.17) is 10.5 Å². The van der Waals surface area contributed by atoms with Crippen molar-refractivity contribution in [1.82, 2.24) is 4.90 Å². The molecule has 1 rings (SSSR count). The molecule has 0 unspecified atom stereocenters. The van der Waals surface area contributed by atoms with Crippen molar-refractivity contribution in [3.05, 3.63) is 0 Å². The molecule has 0 bridgehead atoms. The largest absolute Gasteiger partial charge is 0.378 e. The molecule has 0 amide bonds. The van der Waals surface area contributed by atoms with Gasteiger partial charge in [0.1, 0.15) is 0 Å². The third kappa shape index (κ3) is 2.94. The lowest BCUT2D eigenvalue weighted by molar-refractivity contribution is -0.0816. The van der Waals surface area contributed by atoms with Gasteiger partial charge in [0, 0.05) is 26.7 Å². The molecule has 1 aliphatic rings. The summed E-state index contributed by atoms with van der Waals surface area (Å²) in [6.07, 6.45) is 4.97. The minimum absolute atomic E-state index is 0.210. The van der Waals surface area contributed by atoms with E-state index in [9.17, 15) is 0 Å². The van der Waals surface area contributed by atoms with Gasteiger partial charge in [-0.3, -0.25) is 0 Å². The number of ether oxygens (including phenoxy) is 1. The Bertz CT molecular complexity index is 152. The maximum atomic E-state index is 5.59. The van der Waals surface area contributed by atoms with Gasteiger partial charge >= 0.3 is 0 Å². The molecule has 0 spiro atoms. The number of likely N-dealkylation sites (N-methyl/N-ethyl adjacent to an activating group) is 1. The Labute approximate surface area is 87.6 Å². The van der Waals surface area contributed by atoms with E-state index in [-0.39, 0.29) is 5.60 Å². The Balaban J connectivity index is 2.22. The van der Waals surface area contributed by atoms with Crippen molar-refractivity contribution >= 4 is 0 Å². The molecule has 1 aliphatic carbocycles. The first-order valence-corrected chi connectivity index (χ1v) is 5.74. The first-order valence-electron chi connectivity index (χ1n) is 5.74. The van der Waals surface area contributed by atoms with Crippen LogP contribution >= 0.6 is 0 Å². The van der Waals surface area contributed by atoms with Gasteiger partial charge < -0.3 is 15.4 Å². The summed E-state index contributed by atoms with van der Waals surface area (Å²) in [5, 5.41) is 0. The smallest absolute Gasteiger partial charge is 0.0691 e. The van der Waals surface area contributed by atoms with Gasteiger partial charge in [0.05, 0.1) is 5.60 Å². The first kappa shape index (κ1) is 12.0. The van der Waals surface area contributed by atoms with Crippen molar-refractivity contribution < 1.29 is 4.74 Å². The summed E-state index contributed by atoms with van der Waals surface area (Å²) >= 11 is 0. The molecule has 0 aromatic heterocycles. The van der Waals surface area contributed by atoms with E-state index in [1.54, 1.807) is 0 Å². The fourth-order valence-corrected chi connectivity index (χ4v) is 2.10. The fraction of sp³-hybridized carbons (Fsp3) is 1.00. The van der Waals surface area contributed by atoms with Crippen molar-refractivity contribution in [3.63, 3.8) is 0 Å². The predicted octanol–water partition coefficient (Wildman–Crippen LogP) is 1.23. The summed E-state index contributed by atoms with van der Waals surface area (Å²) < 4.78 is 5.59. The van der Waals surface area contributed by atoms with Crippen LogP contribution in [0.5, 0.6) is 0 Å². The molecule has 3 heteroatoms. The lowest BCUT2D eigenvalue weighted by Crippen LogP contribution is -2.43. The minimum Gasteiger partial charge on any atom is -0.378 e. The summed E-state index contributed by atoms with van der Waals surface area (Å²) in [4.78, 5) is 2.40. The normalized spacial score (nSPS) is 19.7. The molecule has 0 aromatic carbocycles. The van der Waals surface area contributed by atoms with Gasteiger partial charge in [-0.15, -0.1) is 0 Å². The molecular weight excluding hydrogens is 176 g/mol. The molecule has 0 heterocycles. The van der Waals surface area contributed by atoms with Gasteiger partial charge in [-0.25, -0.2) is 0 Å². The molecule has 0 aromatic rings. The summed E-state index contributed by atoms with van der Waals surface area (Å²) in [6, 6.07) is 0. The van der Waals surface area contributed by atoms with E-state index < -0.39 is 0 Å². The van der Waals surface area contributed by atoms with Crippen LogP contribution in [0.25, 0.3) is 0 Å². The second kappa shape index (κ2) is 5.69. The molecular formula is C11H24N2O. The van der Waals surface area contributed by atoms with Crippen molar-refractivity contribution in [2.75, 3.05) is 33.3 Å². The standard InChI is InChI=1S/C11H24N2O/c1-3-13(10-8-12)9-7-11(14-2)5-4-6-11/h3-10,12H2,1-2H3. The topological polar surface area (TPSA) is 38.5 Å². The second-order valence-corrected chi connectivity index (χ2v) is 4.21. The summed E-state index contributed by atoms with van der Waals surface area (Å²) in [7, 11) is 1.85. The zero-order valence-electron chi connectivity index (χ0n) is 9.59. The van der Waals surface area contributed by atoms with Crippen LogP contribution in [0.3, 0.4) is 0 Å². The Hall–Kier alpha value is -0.120. The van der Waals surface area contributed by atoms with Crippen LogP contribution in [0.15, 0.2) is 0 Å². The van der Waals surface area contributed by atoms with E-state index in [1.807, 2.05) is 7.11 Å². The van der Waals surface area contributed by atoms with E-state index >= 15 is 0 Å². The SMILES string of the molecule is CCN(CCN)CCC1(OC)CCC1. The number of methoxy groups -OCH3 is 1. The van der Waals surface area contributed by atoms with Crippen molar-refractivity contribution in [2.24, 2.45) is 5.73 Å². The van der Waals surface area contributed by atoms with Crippen LogP contribution in [0.1, 0.15) is 32.6 Å².